The van der Waals surface area contributed by atoms with Crippen LogP contribution >= 0.6 is 35.3 Å². The third-order valence-corrected chi connectivity index (χ3v) is 10.5. The van der Waals surface area contributed by atoms with Crippen molar-refractivity contribution in [3.05, 3.63) is 47.7 Å². The van der Waals surface area contributed by atoms with Crippen molar-refractivity contribution >= 4 is 68.2 Å². The molecule has 5 rings (SSSR count). The van der Waals surface area contributed by atoms with E-state index in [1.807, 2.05) is 43.5 Å². The zero-order valence-electron chi connectivity index (χ0n) is 20.9. The number of oxazole rings is 1. The maximum absolute atomic E-state index is 12.1. The van der Waals surface area contributed by atoms with Gasteiger partial charge in [0.2, 0.25) is 5.89 Å². The number of aliphatic imine (C=N–C) groups is 4. The molecule has 0 unspecified atom stereocenters. The highest BCUT2D eigenvalue weighted by molar-refractivity contribution is 8.17. The predicted octanol–water partition coefficient (Wildman–Crippen LogP) is 4.91. The number of hydrogen-bond donors (Lipinski definition) is 1. The molecule has 1 N–H and O–H groups in total. The van der Waals surface area contributed by atoms with Gasteiger partial charge in [0.25, 0.3) is 5.91 Å². The zero-order chi connectivity index (χ0) is 25.6. The molecule has 188 valence electrons. The molecular formula is C25H28N6O2S3. The van der Waals surface area contributed by atoms with Gasteiger partial charge in [0.1, 0.15) is 27.4 Å². The zero-order valence-corrected chi connectivity index (χ0v) is 23.3. The second kappa shape index (κ2) is 9.50. The van der Waals surface area contributed by atoms with E-state index in [9.17, 15) is 4.79 Å². The Labute approximate surface area is 223 Å². The lowest BCUT2D eigenvalue weighted by Gasteiger charge is -2.20. The van der Waals surface area contributed by atoms with Gasteiger partial charge in [-0.3, -0.25) is 24.8 Å². The highest BCUT2D eigenvalue weighted by Crippen LogP contribution is 2.45. The quantitative estimate of drug-likeness (QED) is 0.522. The Hall–Kier alpha value is -2.37. The highest BCUT2D eigenvalue weighted by atomic mass is 32.2. The Bertz CT molecular complexity index is 1320. The number of benzene rings is 1. The van der Waals surface area contributed by atoms with Gasteiger partial charge in [0, 0.05) is 24.3 Å². The maximum Gasteiger partial charge on any atom is 0.273 e. The molecule has 11 heteroatoms. The summed E-state index contributed by atoms with van der Waals surface area (Å²) in [6.07, 6.45) is 1.85. The summed E-state index contributed by atoms with van der Waals surface area (Å²) in [5.74, 6) is 3.03. The first-order valence-corrected chi connectivity index (χ1v) is 14.6. The van der Waals surface area contributed by atoms with Gasteiger partial charge in [-0.2, -0.15) is 0 Å². The van der Waals surface area contributed by atoms with E-state index in [0.29, 0.717) is 23.1 Å². The standard InChI is InChI=1S/C25H28N6O2S3/c1-15-18(19(32)26-5)28-20(33-15)23(2)12-35-22(30-23)25(4)14-36-21(31-25)24(3)13-34-17(29-24)11-27-16-9-7-6-8-10-16/h6-11H,12-14H2,1-5H3,(H,26,32)/t23-,24-,25-/m0/s1. The van der Waals surface area contributed by atoms with Crippen LogP contribution in [-0.4, -0.2) is 67.6 Å². The molecule has 3 aliphatic rings. The topological polar surface area (TPSA) is 105 Å². The third-order valence-electron chi connectivity index (χ3n) is 6.24. The number of aromatic nitrogens is 1. The molecule has 0 bridgehead atoms. The number of rotatable bonds is 6. The van der Waals surface area contributed by atoms with Crippen LogP contribution in [0.3, 0.4) is 0 Å². The van der Waals surface area contributed by atoms with E-state index in [-0.39, 0.29) is 11.4 Å². The summed E-state index contributed by atoms with van der Waals surface area (Å²) in [6.45, 7) is 8.03. The van der Waals surface area contributed by atoms with Crippen molar-refractivity contribution in [2.24, 2.45) is 20.0 Å². The molecule has 1 aromatic heterocycles. The first kappa shape index (κ1) is 25.3. The Balaban J connectivity index is 1.36. The van der Waals surface area contributed by atoms with Crippen LogP contribution < -0.4 is 5.32 Å². The van der Waals surface area contributed by atoms with Gasteiger partial charge in [0.05, 0.1) is 22.0 Å². The Morgan fingerprint density at radius 1 is 0.972 bits per heavy atom. The molecule has 0 aliphatic carbocycles. The van der Waals surface area contributed by atoms with Crippen LogP contribution in [0.15, 0.2) is 54.7 Å². The van der Waals surface area contributed by atoms with Gasteiger partial charge >= 0.3 is 0 Å². The average Bonchev–Trinajstić information content (AvgIpc) is 3.65. The lowest BCUT2D eigenvalue weighted by Crippen LogP contribution is -2.33. The summed E-state index contributed by atoms with van der Waals surface area (Å²) in [5, 5.41) is 5.53. The fourth-order valence-corrected chi connectivity index (χ4v) is 7.88. The molecule has 1 amide bonds. The molecule has 3 atom stereocenters. The number of para-hydroxylation sites is 1. The van der Waals surface area contributed by atoms with Crippen LogP contribution in [0, 0.1) is 6.92 Å². The molecule has 36 heavy (non-hydrogen) atoms. The maximum atomic E-state index is 12.1. The summed E-state index contributed by atoms with van der Waals surface area (Å²) in [7, 11) is 1.58. The molecule has 0 spiro atoms. The lowest BCUT2D eigenvalue weighted by atomic mass is 10.0. The average molecular weight is 541 g/mol. The molecule has 8 nitrogen and oxygen atoms in total. The molecule has 2 aromatic rings. The van der Waals surface area contributed by atoms with Gasteiger partial charge in [-0.15, -0.1) is 35.3 Å². The lowest BCUT2D eigenvalue weighted by molar-refractivity contribution is 0.0957. The number of hydrogen-bond acceptors (Lipinski definition) is 10. The monoisotopic (exact) mass is 540 g/mol. The van der Waals surface area contributed by atoms with Crippen LogP contribution in [0.25, 0.3) is 0 Å². The fourth-order valence-electron chi connectivity index (χ4n) is 4.06. The van der Waals surface area contributed by atoms with Crippen LogP contribution in [0.1, 0.15) is 42.9 Å². The van der Waals surface area contributed by atoms with Crippen LogP contribution in [0.4, 0.5) is 5.69 Å². The number of nitrogens with zero attached hydrogens (tertiary/aromatic N) is 5. The van der Waals surface area contributed by atoms with E-state index in [0.717, 1.165) is 32.3 Å². The number of carbonyl (C=O) groups is 1. The smallest absolute Gasteiger partial charge is 0.273 e. The molecule has 0 saturated heterocycles. The van der Waals surface area contributed by atoms with Gasteiger partial charge < -0.3 is 9.73 Å². The SMILES string of the molecule is CNC(=O)c1nc([C@]2(C)CSC([C@]3(C)CSC([C@]4(C)CSC(C=Nc5ccccc5)=N4)=N3)=N2)oc1C. The number of nitrogens with one attached hydrogen (secondary N) is 1. The van der Waals surface area contributed by atoms with Crippen LogP contribution in [-0.2, 0) is 5.54 Å². The van der Waals surface area contributed by atoms with Gasteiger partial charge in [-0.05, 0) is 39.8 Å². The Kier molecular flexibility index (Phi) is 6.67. The van der Waals surface area contributed by atoms with Gasteiger partial charge in [0.15, 0.2) is 5.69 Å². The molecule has 4 heterocycles. The van der Waals surface area contributed by atoms with Gasteiger partial charge in [-0.25, -0.2) is 4.98 Å². The summed E-state index contributed by atoms with van der Waals surface area (Å²) >= 11 is 5.15. The minimum atomic E-state index is -0.644. The van der Waals surface area contributed by atoms with Gasteiger partial charge in [-0.1, -0.05) is 18.2 Å². The summed E-state index contributed by atoms with van der Waals surface area (Å²) in [6, 6.07) is 9.89. The van der Waals surface area contributed by atoms with E-state index < -0.39 is 11.1 Å². The number of aryl methyl sites for hydroxylation is 1. The summed E-state index contributed by atoms with van der Waals surface area (Å²) in [4.78, 5) is 36.4. The molecule has 1 aromatic carbocycles. The van der Waals surface area contributed by atoms with Crippen molar-refractivity contribution in [1.82, 2.24) is 10.3 Å². The second-order valence-electron chi connectivity index (χ2n) is 9.57. The summed E-state index contributed by atoms with van der Waals surface area (Å²) in [5.41, 5.74) is -0.230. The normalized spacial score (nSPS) is 30.0. The molecule has 3 aliphatic heterocycles. The van der Waals surface area contributed by atoms with Crippen molar-refractivity contribution in [2.45, 2.75) is 44.3 Å². The summed E-state index contributed by atoms with van der Waals surface area (Å²) < 4.78 is 5.89. The largest absolute Gasteiger partial charge is 0.442 e. The molecule has 0 radical (unpaired) electrons. The van der Waals surface area contributed by atoms with E-state index in [2.05, 4.69) is 29.1 Å². The van der Waals surface area contributed by atoms with Crippen LogP contribution in [0.5, 0.6) is 0 Å². The van der Waals surface area contributed by atoms with Crippen molar-refractivity contribution in [1.29, 1.82) is 0 Å². The minimum absolute atomic E-state index is 0.259. The predicted molar refractivity (Wildman–Crippen MR) is 153 cm³/mol. The van der Waals surface area contributed by atoms with E-state index in [1.54, 1.807) is 49.3 Å². The number of thioether (sulfide) groups is 3. The molecular weight excluding hydrogens is 513 g/mol. The molecule has 0 fully saturated rings. The number of carbonyl (C=O) groups excluding carboxylic acids is 1. The minimum Gasteiger partial charge on any atom is -0.442 e. The van der Waals surface area contributed by atoms with E-state index >= 15 is 0 Å². The highest BCUT2D eigenvalue weighted by Gasteiger charge is 2.48. The van der Waals surface area contributed by atoms with Crippen molar-refractivity contribution in [2.75, 3.05) is 24.3 Å². The Morgan fingerprint density at radius 3 is 2.28 bits per heavy atom. The number of amides is 1. The molecule has 0 saturated carbocycles. The fraction of sp³-hybridized carbons (Fsp3) is 0.440. The van der Waals surface area contributed by atoms with E-state index in [1.165, 1.54) is 0 Å². The van der Waals surface area contributed by atoms with Crippen molar-refractivity contribution in [3.63, 3.8) is 0 Å². The third kappa shape index (κ3) is 4.68. The second-order valence-corrected chi connectivity index (χ2v) is 12.5. The first-order valence-electron chi connectivity index (χ1n) is 11.6. The van der Waals surface area contributed by atoms with Crippen molar-refractivity contribution in [3.8, 4) is 0 Å². The van der Waals surface area contributed by atoms with E-state index in [4.69, 9.17) is 19.4 Å². The van der Waals surface area contributed by atoms with Crippen LogP contribution in [0.2, 0.25) is 0 Å². The van der Waals surface area contributed by atoms with Crippen molar-refractivity contribution < 1.29 is 9.21 Å². The Morgan fingerprint density at radius 2 is 1.58 bits per heavy atom. The first-order chi connectivity index (χ1) is 17.1.